The van der Waals surface area contributed by atoms with Crippen LogP contribution in [0.4, 0.5) is 0 Å². The van der Waals surface area contributed by atoms with Gasteiger partial charge in [0.15, 0.2) is 17.5 Å². The quantitative estimate of drug-likeness (QED) is 0.126. The van der Waals surface area contributed by atoms with Crippen molar-refractivity contribution < 1.29 is 0 Å². The van der Waals surface area contributed by atoms with E-state index in [-0.39, 0.29) is 0 Å². The van der Waals surface area contributed by atoms with Crippen molar-refractivity contribution in [2.45, 2.75) is 0 Å². The van der Waals surface area contributed by atoms with Crippen LogP contribution >= 0.6 is 11.3 Å². The van der Waals surface area contributed by atoms with Crippen LogP contribution < -0.4 is 0 Å². The highest BCUT2D eigenvalue weighted by Gasteiger charge is 2.18. The molecule has 57 heavy (non-hydrogen) atoms. The van der Waals surface area contributed by atoms with Crippen molar-refractivity contribution in [3.63, 3.8) is 0 Å². The molecule has 0 aliphatic rings. The molecule has 0 bridgehead atoms. The van der Waals surface area contributed by atoms with Crippen molar-refractivity contribution in [2.24, 2.45) is 0 Å². The molecule has 3 nitrogen and oxygen atoms in total. The molecule has 0 N–H and O–H groups in total. The zero-order valence-electron chi connectivity index (χ0n) is 30.8. The molecule has 266 valence electrons. The number of thiophene rings is 1. The first-order valence-electron chi connectivity index (χ1n) is 19.2. The van der Waals surface area contributed by atoms with E-state index in [2.05, 4.69) is 194 Å². The predicted molar refractivity (Wildman–Crippen MR) is 240 cm³/mol. The van der Waals surface area contributed by atoms with E-state index >= 15 is 0 Å². The fourth-order valence-corrected chi connectivity index (χ4v) is 9.22. The Kier molecular flexibility index (Phi) is 8.01. The minimum absolute atomic E-state index is 0.633. The molecule has 0 fully saturated rings. The van der Waals surface area contributed by atoms with Crippen molar-refractivity contribution in [1.29, 1.82) is 0 Å². The summed E-state index contributed by atoms with van der Waals surface area (Å²) in [5.74, 6) is 1.91. The van der Waals surface area contributed by atoms with Gasteiger partial charge in [0.2, 0.25) is 0 Å². The molecule has 11 rings (SSSR count). The van der Waals surface area contributed by atoms with E-state index in [1.54, 1.807) is 11.3 Å². The molecule has 0 saturated carbocycles. The minimum atomic E-state index is 0.633. The summed E-state index contributed by atoms with van der Waals surface area (Å²) < 4.78 is 1.25. The van der Waals surface area contributed by atoms with Gasteiger partial charge < -0.3 is 0 Å². The van der Waals surface area contributed by atoms with Crippen LogP contribution in [0, 0.1) is 0 Å². The highest BCUT2D eigenvalue weighted by Crippen LogP contribution is 2.41. The Bertz CT molecular complexity index is 3240. The maximum Gasteiger partial charge on any atom is 0.164 e. The molecule has 2 aromatic heterocycles. The molecule has 0 unspecified atom stereocenters. The van der Waals surface area contributed by atoms with E-state index in [4.69, 9.17) is 15.0 Å². The third kappa shape index (κ3) is 5.95. The molecule has 0 aliphatic heterocycles. The third-order valence-corrected chi connectivity index (χ3v) is 12.1. The summed E-state index contributed by atoms with van der Waals surface area (Å²) in [6, 6.07) is 71.1. The van der Waals surface area contributed by atoms with Gasteiger partial charge in [-0.15, -0.1) is 11.3 Å². The lowest BCUT2D eigenvalue weighted by Crippen LogP contribution is -2.01. The van der Waals surface area contributed by atoms with E-state index < -0.39 is 0 Å². The molecular formula is C53H33N3S. The van der Waals surface area contributed by atoms with E-state index in [0.29, 0.717) is 17.5 Å². The van der Waals surface area contributed by atoms with E-state index in [9.17, 15) is 0 Å². The molecule has 0 spiro atoms. The largest absolute Gasteiger partial charge is 0.208 e. The number of nitrogens with zero attached hydrogens (tertiary/aromatic N) is 3. The van der Waals surface area contributed by atoms with Crippen molar-refractivity contribution >= 4 is 53.7 Å². The van der Waals surface area contributed by atoms with Gasteiger partial charge in [0.1, 0.15) is 0 Å². The SMILES string of the molecule is c1ccc(-c2ccc(-c3nc(-c4ccc(-c5c6ccccc6cc6c5ccc5ccccc56)cc4)nc(-c4ccccc4-c4cc5ccccc5s4)n3)cc2)cc1. The highest BCUT2D eigenvalue weighted by atomic mass is 32.1. The second-order valence-electron chi connectivity index (χ2n) is 14.4. The van der Waals surface area contributed by atoms with Crippen molar-refractivity contribution in [2.75, 3.05) is 0 Å². The van der Waals surface area contributed by atoms with Crippen LogP contribution in [-0.4, -0.2) is 15.0 Å². The summed E-state index contributed by atoms with van der Waals surface area (Å²) in [5.41, 5.74) is 8.64. The Labute approximate surface area is 334 Å². The molecular weight excluding hydrogens is 711 g/mol. The Balaban J connectivity index is 1.06. The Hall–Kier alpha value is -7.27. The van der Waals surface area contributed by atoms with Gasteiger partial charge in [0, 0.05) is 31.8 Å². The number of rotatable bonds is 6. The van der Waals surface area contributed by atoms with Crippen LogP contribution in [0.15, 0.2) is 200 Å². The molecule has 4 heteroatoms. The molecule has 0 radical (unpaired) electrons. The lowest BCUT2D eigenvalue weighted by molar-refractivity contribution is 1.07. The number of benzene rings is 9. The predicted octanol–water partition coefficient (Wildman–Crippen LogP) is 14.5. The number of hydrogen-bond acceptors (Lipinski definition) is 4. The minimum Gasteiger partial charge on any atom is -0.208 e. The van der Waals surface area contributed by atoms with E-state index in [1.165, 1.54) is 58.4 Å². The monoisotopic (exact) mass is 743 g/mol. The summed E-state index contributed by atoms with van der Waals surface area (Å²) in [7, 11) is 0. The summed E-state index contributed by atoms with van der Waals surface area (Å²) in [5, 5.41) is 8.69. The third-order valence-electron chi connectivity index (χ3n) is 10.9. The average Bonchev–Trinajstić information content (AvgIpc) is 3.73. The maximum atomic E-state index is 5.22. The van der Waals surface area contributed by atoms with Gasteiger partial charge in [-0.2, -0.15) is 0 Å². The Morgan fingerprint density at radius 3 is 1.58 bits per heavy atom. The topological polar surface area (TPSA) is 38.7 Å². The van der Waals surface area contributed by atoms with Crippen LogP contribution in [-0.2, 0) is 0 Å². The first-order chi connectivity index (χ1) is 28.2. The normalized spacial score (nSPS) is 11.5. The number of aromatic nitrogens is 3. The summed E-state index contributed by atoms with van der Waals surface area (Å²) in [6.07, 6.45) is 0. The molecule has 0 amide bonds. The average molecular weight is 744 g/mol. The smallest absolute Gasteiger partial charge is 0.164 e. The summed E-state index contributed by atoms with van der Waals surface area (Å²) in [6.45, 7) is 0. The molecule has 0 aliphatic carbocycles. The van der Waals surface area contributed by atoms with Gasteiger partial charge in [-0.05, 0) is 78.2 Å². The molecule has 9 aromatic carbocycles. The first-order valence-corrected chi connectivity index (χ1v) is 20.0. The second kappa shape index (κ2) is 13.8. The maximum absolute atomic E-state index is 5.22. The van der Waals surface area contributed by atoms with Gasteiger partial charge in [-0.1, -0.05) is 182 Å². The zero-order chi connectivity index (χ0) is 37.7. The van der Waals surface area contributed by atoms with Gasteiger partial charge in [-0.3, -0.25) is 0 Å². The summed E-state index contributed by atoms with van der Waals surface area (Å²) >= 11 is 1.79. The van der Waals surface area contributed by atoms with Crippen LogP contribution in [0.2, 0.25) is 0 Å². The lowest BCUT2D eigenvalue weighted by Gasteiger charge is -2.15. The summed E-state index contributed by atoms with van der Waals surface area (Å²) in [4.78, 5) is 16.7. The van der Waals surface area contributed by atoms with Crippen LogP contribution in [0.3, 0.4) is 0 Å². The standard InChI is InChI=1S/C53H33N3S/c1-2-12-34(13-3-1)35-22-26-38(27-23-35)51-54-52(56-53(55-51)46-20-10-9-19-44(46)49-33-41-16-6-11-21-48(41)57-49)39-28-24-37(25-29-39)50-43-18-8-5-15-40(43)32-47-42-17-7-4-14-36(42)30-31-45(47)50/h1-33H. The van der Waals surface area contributed by atoms with E-state index in [1.807, 2.05) is 6.07 Å². The Morgan fingerprint density at radius 2 is 0.842 bits per heavy atom. The van der Waals surface area contributed by atoms with E-state index in [0.717, 1.165) is 33.4 Å². The fraction of sp³-hybridized carbons (Fsp3) is 0. The molecule has 0 saturated heterocycles. The van der Waals surface area contributed by atoms with Gasteiger partial charge in [-0.25, -0.2) is 15.0 Å². The van der Waals surface area contributed by atoms with Crippen LogP contribution in [0.5, 0.6) is 0 Å². The Morgan fingerprint density at radius 1 is 0.298 bits per heavy atom. The second-order valence-corrected chi connectivity index (χ2v) is 15.5. The zero-order valence-corrected chi connectivity index (χ0v) is 31.6. The highest BCUT2D eigenvalue weighted by molar-refractivity contribution is 7.22. The van der Waals surface area contributed by atoms with Crippen LogP contribution in [0.25, 0.3) is 109 Å². The van der Waals surface area contributed by atoms with Gasteiger partial charge in [0.25, 0.3) is 0 Å². The molecule has 11 aromatic rings. The molecule has 2 heterocycles. The van der Waals surface area contributed by atoms with Crippen molar-refractivity contribution in [1.82, 2.24) is 15.0 Å². The van der Waals surface area contributed by atoms with Gasteiger partial charge >= 0.3 is 0 Å². The number of hydrogen-bond donors (Lipinski definition) is 0. The van der Waals surface area contributed by atoms with Crippen LogP contribution in [0.1, 0.15) is 0 Å². The van der Waals surface area contributed by atoms with Crippen molar-refractivity contribution in [3.8, 4) is 66.9 Å². The number of fused-ring (bicyclic) bond motifs is 5. The lowest BCUT2D eigenvalue weighted by atomic mass is 9.89. The van der Waals surface area contributed by atoms with Gasteiger partial charge in [0.05, 0.1) is 0 Å². The molecule has 0 atom stereocenters. The first kappa shape index (κ1) is 33.1. The fourth-order valence-electron chi connectivity index (χ4n) is 8.12. The van der Waals surface area contributed by atoms with Crippen molar-refractivity contribution in [3.05, 3.63) is 200 Å².